The summed E-state index contributed by atoms with van der Waals surface area (Å²) < 4.78 is 34.3. The van der Waals surface area contributed by atoms with Gasteiger partial charge in [0.05, 0.1) is 27.7 Å². The maximum absolute atomic E-state index is 12.7. The number of allylic oxidation sites excluding steroid dienone is 12. The van der Waals surface area contributed by atoms with Gasteiger partial charge in [0.1, 0.15) is 19.8 Å². The van der Waals surface area contributed by atoms with Gasteiger partial charge < -0.3 is 18.9 Å². The summed E-state index contributed by atoms with van der Waals surface area (Å²) in [6, 6.07) is 0. The second kappa shape index (κ2) is 39.9. The van der Waals surface area contributed by atoms with E-state index in [-0.39, 0.29) is 26.1 Å². The van der Waals surface area contributed by atoms with Crippen molar-refractivity contribution < 1.29 is 42.1 Å². The highest BCUT2D eigenvalue weighted by molar-refractivity contribution is 7.47. The smallest absolute Gasteiger partial charge is 0.462 e. The average Bonchev–Trinajstić information content (AvgIpc) is 3.17. The molecule has 9 nitrogen and oxygen atoms in total. The van der Waals surface area contributed by atoms with Crippen LogP contribution in [0, 0.1) is 0 Å². The third-order valence-electron chi connectivity index (χ3n) is 9.22. The average molecular weight is 835 g/mol. The lowest BCUT2D eigenvalue weighted by atomic mass is 10.1. The van der Waals surface area contributed by atoms with Crippen LogP contribution in [0.1, 0.15) is 168 Å². The molecule has 0 saturated carbocycles. The van der Waals surface area contributed by atoms with Gasteiger partial charge in [-0.05, 0) is 77.0 Å². The zero-order valence-electron chi connectivity index (χ0n) is 37.5. The molecule has 0 fully saturated rings. The Morgan fingerprint density at radius 1 is 0.552 bits per heavy atom. The molecule has 0 aliphatic heterocycles. The van der Waals surface area contributed by atoms with E-state index in [9.17, 15) is 19.0 Å². The van der Waals surface area contributed by atoms with E-state index >= 15 is 0 Å². The number of carbonyl (C=O) groups excluding carboxylic acids is 2. The third kappa shape index (κ3) is 43.0. The van der Waals surface area contributed by atoms with Gasteiger partial charge in [-0.2, -0.15) is 0 Å². The number of quaternary nitrogens is 1. The molecule has 0 aromatic carbocycles. The first-order chi connectivity index (χ1) is 28.0. The van der Waals surface area contributed by atoms with Crippen molar-refractivity contribution in [3.05, 3.63) is 72.9 Å². The highest BCUT2D eigenvalue weighted by Gasteiger charge is 2.27. The van der Waals surface area contributed by atoms with Gasteiger partial charge in [-0.25, -0.2) is 4.57 Å². The largest absolute Gasteiger partial charge is 0.472 e. The van der Waals surface area contributed by atoms with Crippen LogP contribution in [-0.4, -0.2) is 74.9 Å². The summed E-state index contributed by atoms with van der Waals surface area (Å²) in [7, 11) is 1.43. The Kier molecular flexibility index (Phi) is 38.1. The Hall–Kier alpha value is -2.55. The topological polar surface area (TPSA) is 108 Å². The third-order valence-corrected chi connectivity index (χ3v) is 10.2. The summed E-state index contributed by atoms with van der Waals surface area (Å²) >= 11 is 0. The van der Waals surface area contributed by atoms with Gasteiger partial charge in [-0.3, -0.25) is 18.6 Å². The highest BCUT2D eigenvalue weighted by atomic mass is 31.2. The summed E-state index contributed by atoms with van der Waals surface area (Å²) in [6.45, 7) is 4.22. The molecule has 58 heavy (non-hydrogen) atoms. The minimum Gasteiger partial charge on any atom is -0.462 e. The zero-order chi connectivity index (χ0) is 42.8. The van der Waals surface area contributed by atoms with Crippen LogP contribution in [0.15, 0.2) is 72.9 Å². The van der Waals surface area contributed by atoms with E-state index in [2.05, 4.69) is 80.7 Å². The molecule has 0 aliphatic rings. The fourth-order valence-electron chi connectivity index (χ4n) is 5.69. The van der Waals surface area contributed by atoms with E-state index in [1.165, 1.54) is 64.2 Å². The summed E-state index contributed by atoms with van der Waals surface area (Å²) in [5, 5.41) is 0. The molecule has 0 bridgehead atoms. The molecule has 0 rings (SSSR count). The number of rotatable bonds is 40. The van der Waals surface area contributed by atoms with E-state index in [4.69, 9.17) is 18.5 Å². The second-order valence-electron chi connectivity index (χ2n) is 16.0. The molecule has 0 spiro atoms. The lowest BCUT2D eigenvalue weighted by Gasteiger charge is -2.24. The van der Waals surface area contributed by atoms with Crippen LogP contribution in [0.5, 0.6) is 0 Å². The fraction of sp³-hybridized carbons (Fsp3) is 0.708. The molecule has 1 unspecified atom stereocenters. The standard InChI is InChI=1S/C48H84NO8P/c1-6-8-10-12-14-16-18-20-22-24-26-28-30-32-34-36-38-40-47(50)54-44-46(45-56-58(52,53)55-43-42-49(3,4)5)57-48(51)41-39-37-35-33-31-29-27-25-23-21-19-17-15-13-11-9-7-2/h9,11,15,17,20-23,27,29,33,35,46H,6-8,10,12-14,16,18-19,24-26,28,30-32,34,36-45H2,1-5H3/p+1/b11-9-,17-15-,22-20-,23-21-,29-27-,35-33-/t46-/m1/s1. The first-order valence-electron chi connectivity index (χ1n) is 22.7. The predicted octanol–water partition coefficient (Wildman–Crippen LogP) is 13.0. The SMILES string of the molecule is CC/C=C\C/C=C\C/C=C\C/C=C\C/C=C\CCCC(=O)O[C@H](COC(=O)CCCCCCCCC/C=C\CCCCCCCC)COP(=O)(O)OCC[N+](C)(C)C. The van der Waals surface area contributed by atoms with Crippen molar-refractivity contribution in [2.24, 2.45) is 0 Å². The van der Waals surface area contributed by atoms with Crippen molar-refractivity contribution >= 4 is 19.8 Å². The Morgan fingerprint density at radius 3 is 1.53 bits per heavy atom. The Balaban J connectivity index is 4.45. The van der Waals surface area contributed by atoms with Gasteiger partial charge in [-0.15, -0.1) is 0 Å². The normalized spacial score (nSPS) is 14.2. The highest BCUT2D eigenvalue weighted by Crippen LogP contribution is 2.43. The summed E-state index contributed by atoms with van der Waals surface area (Å²) in [5.41, 5.74) is 0. The molecule has 0 saturated heterocycles. The number of esters is 2. The van der Waals surface area contributed by atoms with Crippen LogP contribution < -0.4 is 0 Å². The number of nitrogens with zero attached hydrogens (tertiary/aromatic N) is 1. The van der Waals surface area contributed by atoms with E-state index in [1.54, 1.807) is 0 Å². The number of carbonyl (C=O) groups is 2. The van der Waals surface area contributed by atoms with Gasteiger partial charge in [0.2, 0.25) is 0 Å². The number of phosphoric acid groups is 1. The minimum atomic E-state index is -4.40. The number of hydrogen-bond donors (Lipinski definition) is 1. The molecule has 0 aliphatic carbocycles. The number of hydrogen-bond acceptors (Lipinski definition) is 7. The van der Waals surface area contributed by atoms with E-state index in [1.807, 2.05) is 27.2 Å². The van der Waals surface area contributed by atoms with Gasteiger partial charge in [0.25, 0.3) is 0 Å². The van der Waals surface area contributed by atoms with Crippen molar-refractivity contribution in [2.45, 2.75) is 174 Å². The number of phosphoric ester groups is 1. The van der Waals surface area contributed by atoms with Crippen molar-refractivity contribution in [3.63, 3.8) is 0 Å². The molecule has 2 atom stereocenters. The molecule has 334 valence electrons. The molecule has 0 aromatic rings. The number of likely N-dealkylation sites (N-methyl/N-ethyl adjacent to an activating group) is 1. The van der Waals surface area contributed by atoms with Crippen LogP contribution in [0.3, 0.4) is 0 Å². The quantitative estimate of drug-likeness (QED) is 0.0214. The van der Waals surface area contributed by atoms with Crippen molar-refractivity contribution in [1.82, 2.24) is 0 Å². The first-order valence-corrected chi connectivity index (χ1v) is 24.2. The molecular formula is C48H85NO8P+. The molecule has 0 heterocycles. The van der Waals surface area contributed by atoms with Crippen molar-refractivity contribution in [3.8, 4) is 0 Å². The maximum atomic E-state index is 12.7. The molecule has 0 radical (unpaired) electrons. The summed E-state index contributed by atoms with van der Waals surface area (Å²) in [5.74, 6) is -0.876. The number of unbranched alkanes of at least 4 members (excludes halogenated alkanes) is 14. The van der Waals surface area contributed by atoms with Crippen LogP contribution in [0.4, 0.5) is 0 Å². The lowest BCUT2D eigenvalue weighted by Crippen LogP contribution is -2.37. The zero-order valence-corrected chi connectivity index (χ0v) is 38.4. The van der Waals surface area contributed by atoms with Gasteiger partial charge in [0, 0.05) is 12.8 Å². The fourth-order valence-corrected chi connectivity index (χ4v) is 6.43. The Morgan fingerprint density at radius 2 is 1.00 bits per heavy atom. The van der Waals surface area contributed by atoms with Crippen molar-refractivity contribution in [2.75, 3.05) is 47.5 Å². The van der Waals surface area contributed by atoms with Crippen LogP contribution in [0.2, 0.25) is 0 Å². The predicted molar refractivity (Wildman–Crippen MR) is 242 cm³/mol. The van der Waals surface area contributed by atoms with Gasteiger partial charge >= 0.3 is 19.8 Å². The molecular weight excluding hydrogens is 750 g/mol. The monoisotopic (exact) mass is 835 g/mol. The van der Waals surface area contributed by atoms with Gasteiger partial charge in [0.15, 0.2) is 6.10 Å². The molecule has 10 heteroatoms. The molecule has 0 aromatic heterocycles. The maximum Gasteiger partial charge on any atom is 0.472 e. The van der Waals surface area contributed by atoms with Crippen LogP contribution in [-0.2, 0) is 32.7 Å². The second-order valence-corrected chi connectivity index (χ2v) is 17.5. The van der Waals surface area contributed by atoms with E-state index in [0.29, 0.717) is 23.9 Å². The van der Waals surface area contributed by atoms with E-state index in [0.717, 1.165) is 64.2 Å². The Labute approximate surface area is 355 Å². The first kappa shape index (κ1) is 55.5. The molecule has 0 amide bonds. The van der Waals surface area contributed by atoms with Crippen molar-refractivity contribution in [1.29, 1.82) is 0 Å². The number of ether oxygens (including phenoxy) is 2. The minimum absolute atomic E-state index is 0.0171. The Bertz CT molecular complexity index is 1220. The lowest BCUT2D eigenvalue weighted by molar-refractivity contribution is -0.870. The summed E-state index contributed by atoms with van der Waals surface area (Å²) in [6.07, 6.45) is 49.6. The van der Waals surface area contributed by atoms with Gasteiger partial charge in [-0.1, -0.05) is 151 Å². The summed E-state index contributed by atoms with van der Waals surface area (Å²) in [4.78, 5) is 35.4. The molecule has 1 N–H and O–H groups in total. The van der Waals surface area contributed by atoms with Crippen LogP contribution >= 0.6 is 7.82 Å². The van der Waals surface area contributed by atoms with Crippen LogP contribution in [0.25, 0.3) is 0 Å². The van der Waals surface area contributed by atoms with E-state index < -0.39 is 32.5 Å².